The van der Waals surface area contributed by atoms with Crippen molar-refractivity contribution in [1.29, 1.82) is 0 Å². The van der Waals surface area contributed by atoms with Crippen LogP contribution in [0.25, 0.3) is 0 Å². The topological polar surface area (TPSA) is 171 Å². The van der Waals surface area contributed by atoms with Gasteiger partial charge in [0, 0.05) is 41.8 Å². The highest BCUT2D eigenvalue weighted by atomic mass is 35.5. The average molecular weight is 485 g/mol. The van der Waals surface area contributed by atoms with E-state index in [9.17, 15) is 40.9 Å². The van der Waals surface area contributed by atoms with Gasteiger partial charge in [0.05, 0.1) is 24.9 Å². The molecule has 0 radical (unpaired) electrons. The van der Waals surface area contributed by atoms with Gasteiger partial charge in [0.2, 0.25) is 11.6 Å². The van der Waals surface area contributed by atoms with Gasteiger partial charge in [-0.1, -0.05) is 17.7 Å². The van der Waals surface area contributed by atoms with Crippen LogP contribution in [0.3, 0.4) is 0 Å². The van der Waals surface area contributed by atoms with Crippen molar-refractivity contribution in [2.24, 2.45) is 5.92 Å². The fourth-order valence-corrected chi connectivity index (χ4v) is 4.41. The molecule has 6 unspecified atom stereocenters. The second-order valence-electron chi connectivity index (χ2n) is 8.82. The molecule has 1 aliphatic carbocycles. The zero-order chi connectivity index (χ0) is 24.7. The standard InChI is InChI=1S/C23H29ClO9/c1-22(2,30)33-13-6-4-12(5-7-13)23(31,32)15-9-11(3-8-16(15)24)17-18(26)14(10-25)19(27)21(29)20(17)28/h3-9,14,17-21,25-32H,10H2,1-2H3. The van der Waals surface area contributed by atoms with E-state index in [2.05, 4.69) is 0 Å². The van der Waals surface area contributed by atoms with Gasteiger partial charge >= 0.3 is 0 Å². The molecule has 0 saturated heterocycles. The minimum Gasteiger partial charge on any atom is -0.463 e. The van der Waals surface area contributed by atoms with Gasteiger partial charge in [-0.15, -0.1) is 0 Å². The van der Waals surface area contributed by atoms with Crippen LogP contribution in [-0.2, 0) is 5.79 Å². The van der Waals surface area contributed by atoms with Crippen LogP contribution in [0.2, 0.25) is 5.02 Å². The first-order chi connectivity index (χ1) is 15.3. The van der Waals surface area contributed by atoms with Gasteiger partial charge in [0.1, 0.15) is 11.9 Å². The summed E-state index contributed by atoms with van der Waals surface area (Å²) < 4.78 is 5.31. The number of ether oxygens (including phenoxy) is 1. The van der Waals surface area contributed by atoms with E-state index in [4.69, 9.17) is 16.3 Å². The number of aliphatic hydroxyl groups is 8. The Bertz CT molecular complexity index is 957. The maximum absolute atomic E-state index is 10.9. The van der Waals surface area contributed by atoms with Gasteiger partial charge < -0.3 is 45.6 Å². The van der Waals surface area contributed by atoms with Crippen LogP contribution >= 0.6 is 11.6 Å². The molecule has 2 aromatic carbocycles. The van der Waals surface area contributed by atoms with Crippen LogP contribution in [0.5, 0.6) is 5.75 Å². The minimum atomic E-state index is -2.58. The van der Waals surface area contributed by atoms with Crippen molar-refractivity contribution in [3.05, 3.63) is 64.2 Å². The molecule has 3 rings (SSSR count). The highest BCUT2D eigenvalue weighted by Gasteiger charge is 2.49. The summed E-state index contributed by atoms with van der Waals surface area (Å²) in [4.78, 5) is 0. The second kappa shape index (κ2) is 9.46. The van der Waals surface area contributed by atoms with Crippen LogP contribution in [0.4, 0.5) is 0 Å². The van der Waals surface area contributed by atoms with Gasteiger partial charge in [-0.05, 0) is 42.0 Å². The van der Waals surface area contributed by atoms with E-state index in [0.717, 1.165) is 0 Å². The molecule has 0 aromatic heterocycles. The molecular formula is C23H29ClO9. The average Bonchev–Trinajstić information content (AvgIpc) is 2.73. The second-order valence-corrected chi connectivity index (χ2v) is 9.23. The summed E-state index contributed by atoms with van der Waals surface area (Å²) in [5, 5.41) is 82.6. The molecular weight excluding hydrogens is 456 g/mol. The molecule has 0 bridgehead atoms. The first-order valence-corrected chi connectivity index (χ1v) is 10.8. The monoisotopic (exact) mass is 484 g/mol. The number of aliphatic hydroxyl groups excluding tert-OH is 5. The summed E-state index contributed by atoms with van der Waals surface area (Å²) in [5.74, 6) is -5.99. The van der Waals surface area contributed by atoms with Crippen LogP contribution < -0.4 is 4.74 Å². The van der Waals surface area contributed by atoms with E-state index in [1.54, 1.807) is 0 Å². The Hall–Kier alpha value is -1.79. The zero-order valence-electron chi connectivity index (χ0n) is 18.1. The van der Waals surface area contributed by atoms with Gasteiger partial charge in [0.15, 0.2) is 0 Å². The van der Waals surface area contributed by atoms with E-state index in [1.165, 1.54) is 56.3 Å². The number of hydrogen-bond donors (Lipinski definition) is 8. The van der Waals surface area contributed by atoms with E-state index < -0.39 is 54.4 Å². The van der Waals surface area contributed by atoms with Crippen molar-refractivity contribution in [3.63, 3.8) is 0 Å². The fourth-order valence-electron chi connectivity index (χ4n) is 4.17. The predicted molar refractivity (Wildman–Crippen MR) is 117 cm³/mol. The van der Waals surface area contributed by atoms with E-state index in [1.807, 2.05) is 0 Å². The Morgan fingerprint density at radius 1 is 0.848 bits per heavy atom. The summed E-state index contributed by atoms with van der Waals surface area (Å²) in [6.45, 7) is 2.26. The lowest BCUT2D eigenvalue weighted by Crippen LogP contribution is -2.58. The number of benzene rings is 2. The maximum atomic E-state index is 10.9. The molecule has 1 fully saturated rings. The van der Waals surface area contributed by atoms with E-state index in [0.29, 0.717) is 0 Å². The molecule has 0 aliphatic heterocycles. The summed E-state index contributed by atoms with van der Waals surface area (Å²) in [5.41, 5.74) is 0.0877. The van der Waals surface area contributed by atoms with Crippen molar-refractivity contribution in [2.45, 2.75) is 55.8 Å². The highest BCUT2D eigenvalue weighted by Crippen LogP contribution is 2.41. The third-order valence-electron chi connectivity index (χ3n) is 5.90. The SMILES string of the molecule is CC(C)(O)Oc1ccc(C(O)(O)c2cc(C3C(O)C(O)C(O)C(CO)C3O)ccc2Cl)cc1. The molecule has 8 N–H and O–H groups in total. The maximum Gasteiger partial charge on any atom is 0.218 e. The van der Waals surface area contributed by atoms with E-state index >= 15 is 0 Å². The van der Waals surface area contributed by atoms with Gasteiger partial charge in [0.25, 0.3) is 0 Å². The summed E-state index contributed by atoms with van der Waals surface area (Å²) in [7, 11) is 0. The van der Waals surface area contributed by atoms with E-state index in [-0.39, 0.29) is 27.5 Å². The van der Waals surface area contributed by atoms with Crippen LogP contribution in [-0.4, -0.2) is 77.7 Å². The Morgan fingerprint density at radius 3 is 2.00 bits per heavy atom. The Morgan fingerprint density at radius 2 is 1.45 bits per heavy atom. The Kier molecular flexibility index (Phi) is 7.40. The molecule has 1 aliphatic rings. The lowest BCUT2D eigenvalue weighted by molar-refractivity contribution is -0.169. The zero-order valence-corrected chi connectivity index (χ0v) is 18.8. The van der Waals surface area contributed by atoms with Crippen molar-refractivity contribution < 1.29 is 45.6 Å². The third kappa shape index (κ3) is 5.17. The van der Waals surface area contributed by atoms with Gasteiger partial charge in [-0.25, -0.2) is 0 Å². The van der Waals surface area contributed by atoms with Crippen LogP contribution in [0.15, 0.2) is 42.5 Å². The quantitative estimate of drug-likeness (QED) is 0.258. The summed E-state index contributed by atoms with van der Waals surface area (Å²) in [6, 6.07) is 9.68. The lowest BCUT2D eigenvalue weighted by Gasteiger charge is -2.44. The Labute approximate surface area is 195 Å². The van der Waals surface area contributed by atoms with Gasteiger partial charge in [-0.3, -0.25) is 0 Å². The number of rotatable bonds is 6. The smallest absolute Gasteiger partial charge is 0.218 e. The molecule has 1 saturated carbocycles. The first kappa shape index (κ1) is 25.8. The third-order valence-corrected chi connectivity index (χ3v) is 6.23. The molecule has 9 nitrogen and oxygen atoms in total. The predicted octanol–water partition coefficient (Wildman–Crippen LogP) is -0.218. The van der Waals surface area contributed by atoms with Crippen molar-refractivity contribution >= 4 is 11.6 Å². The van der Waals surface area contributed by atoms with Crippen LogP contribution in [0, 0.1) is 5.92 Å². The molecule has 0 spiro atoms. The van der Waals surface area contributed by atoms with Gasteiger partial charge in [-0.2, -0.15) is 0 Å². The van der Waals surface area contributed by atoms with Crippen LogP contribution in [0.1, 0.15) is 36.5 Å². The Balaban J connectivity index is 1.98. The first-order valence-electron chi connectivity index (χ1n) is 10.4. The number of hydrogen-bond acceptors (Lipinski definition) is 9. The van der Waals surface area contributed by atoms with Crippen molar-refractivity contribution in [1.82, 2.24) is 0 Å². The molecule has 182 valence electrons. The molecule has 6 atom stereocenters. The molecule has 0 amide bonds. The molecule has 10 heteroatoms. The summed E-state index contributed by atoms with van der Waals surface area (Å²) in [6.07, 6.45) is -6.19. The highest BCUT2D eigenvalue weighted by molar-refractivity contribution is 6.31. The normalized spacial score (nSPS) is 28.6. The minimum absolute atomic E-state index is 0.0142. The number of halogens is 1. The largest absolute Gasteiger partial charge is 0.463 e. The molecule has 0 heterocycles. The van der Waals surface area contributed by atoms with Crippen molar-refractivity contribution in [3.8, 4) is 5.75 Å². The summed E-state index contributed by atoms with van der Waals surface area (Å²) >= 11 is 6.24. The fraction of sp³-hybridized carbons (Fsp3) is 0.478. The van der Waals surface area contributed by atoms with Crippen molar-refractivity contribution in [2.75, 3.05) is 6.61 Å². The molecule has 33 heavy (non-hydrogen) atoms. The molecule has 2 aromatic rings. The lowest BCUT2D eigenvalue weighted by atomic mass is 9.70.